The highest BCUT2D eigenvalue weighted by Gasteiger charge is 2.28. The number of hydrogen-bond donors (Lipinski definition) is 1. The van der Waals surface area contributed by atoms with Gasteiger partial charge in [-0.3, -0.25) is 4.79 Å². The Morgan fingerprint density at radius 1 is 1.24 bits per heavy atom. The summed E-state index contributed by atoms with van der Waals surface area (Å²) in [7, 11) is 0. The van der Waals surface area contributed by atoms with Crippen LogP contribution in [0.25, 0.3) is 0 Å². The maximum absolute atomic E-state index is 12.5. The van der Waals surface area contributed by atoms with Crippen LogP contribution in [0.5, 0.6) is 0 Å². The molecule has 122 valence electrons. The zero-order chi connectivity index (χ0) is 15.1. The molecule has 1 atom stereocenters. The predicted molar refractivity (Wildman–Crippen MR) is 85.0 cm³/mol. The summed E-state index contributed by atoms with van der Waals surface area (Å²) >= 11 is 0. The number of amides is 1. The van der Waals surface area contributed by atoms with Crippen molar-refractivity contribution in [2.45, 2.75) is 64.4 Å². The van der Waals surface area contributed by atoms with Gasteiger partial charge in [0.05, 0.1) is 6.10 Å². The molecule has 1 unspecified atom stereocenters. The molecule has 0 aromatic carbocycles. The Balaban J connectivity index is 1.67. The highest BCUT2D eigenvalue weighted by molar-refractivity contribution is 5.78. The number of carbonyl (C=O) groups is 1. The van der Waals surface area contributed by atoms with Crippen LogP contribution in [0.15, 0.2) is 0 Å². The van der Waals surface area contributed by atoms with E-state index in [0.29, 0.717) is 18.6 Å². The zero-order valence-corrected chi connectivity index (χ0v) is 13.6. The van der Waals surface area contributed by atoms with E-state index in [2.05, 4.69) is 11.8 Å². The second-order valence-corrected chi connectivity index (χ2v) is 6.82. The second kappa shape index (κ2) is 8.74. The van der Waals surface area contributed by atoms with E-state index in [1.165, 1.54) is 25.7 Å². The first-order valence-corrected chi connectivity index (χ1v) is 8.81. The molecule has 4 nitrogen and oxygen atoms in total. The monoisotopic (exact) mass is 296 g/mol. The topological polar surface area (TPSA) is 55.6 Å². The molecule has 1 aliphatic heterocycles. The standard InChI is InChI=1S/C17H32N2O2/c1-14(13-15-5-2-3-6-15)17(20)19-10-7-16(8-11-19)21-12-4-9-18/h14-16H,2-13,18H2,1H3. The van der Waals surface area contributed by atoms with Gasteiger partial charge in [0, 0.05) is 25.6 Å². The van der Waals surface area contributed by atoms with Gasteiger partial charge in [0.1, 0.15) is 0 Å². The van der Waals surface area contributed by atoms with Gasteiger partial charge < -0.3 is 15.4 Å². The van der Waals surface area contributed by atoms with Crippen molar-refractivity contribution in [1.29, 1.82) is 0 Å². The maximum Gasteiger partial charge on any atom is 0.225 e. The van der Waals surface area contributed by atoms with Crippen LogP contribution in [0, 0.1) is 11.8 Å². The highest BCUT2D eigenvalue weighted by Crippen LogP contribution is 2.31. The lowest BCUT2D eigenvalue weighted by Gasteiger charge is -2.34. The third-order valence-electron chi connectivity index (χ3n) is 5.04. The van der Waals surface area contributed by atoms with Gasteiger partial charge in [-0.2, -0.15) is 0 Å². The molecule has 0 radical (unpaired) electrons. The fourth-order valence-electron chi connectivity index (χ4n) is 3.73. The molecule has 0 aromatic heterocycles. The molecule has 0 bridgehead atoms. The SMILES string of the molecule is CC(CC1CCCC1)C(=O)N1CCC(OCCCN)CC1. The number of ether oxygens (including phenoxy) is 1. The molecule has 1 aliphatic carbocycles. The third kappa shape index (κ3) is 5.26. The Hall–Kier alpha value is -0.610. The van der Waals surface area contributed by atoms with Crippen LogP contribution in [0.2, 0.25) is 0 Å². The quantitative estimate of drug-likeness (QED) is 0.735. The van der Waals surface area contributed by atoms with E-state index in [4.69, 9.17) is 10.5 Å². The van der Waals surface area contributed by atoms with Gasteiger partial charge in [0.25, 0.3) is 0 Å². The number of likely N-dealkylation sites (tertiary alicyclic amines) is 1. The van der Waals surface area contributed by atoms with Gasteiger partial charge in [0.15, 0.2) is 0 Å². The largest absolute Gasteiger partial charge is 0.378 e. The first-order valence-electron chi connectivity index (χ1n) is 8.81. The minimum absolute atomic E-state index is 0.197. The van der Waals surface area contributed by atoms with Crippen LogP contribution in [0.1, 0.15) is 58.3 Å². The van der Waals surface area contributed by atoms with Gasteiger partial charge in [-0.1, -0.05) is 32.6 Å². The Bertz CT molecular complexity index is 308. The fraction of sp³-hybridized carbons (Fsp3) is 0.941. The average molecular weight is 296 g/mol. The highest BCUT2D eigenvalue weighted by atomic mass is 16.5. The minimum atomic E-state index is 0.197. The predicted octanol–water partition coefficient (Wildman–Crippen LogP) is 2.56. The van der Waals surface area contributed by atoms with E-state index >= 15 is 0 Å². The summed E-state index contributed by atoms with van der Waals surface area (Å²) in [5, 5.41) is 0. The van der Waals surface area contributed by atoms with Crippen molar-refractivity contribution in [3.8, 4) is 0 Å². The Morgan fingerprint density at radius 2 is 1.90 bits per heavy atom. The van der Waals surface area contributed by atoms with Gasteiger partial charge in [0.2, 0.25) is 5.91 Å². The normalized spacial score (nSPS) is 22.7. The van der Waals surface area contributed by atoms with E-state index in [0.717, 1.165) is 51.3 Å². The summed E-state index contributed by atoms with van der Waals surface area (Å²) in [6, 6.07) is 0. The van der Waals surface area contributed by atoms with Crippen LogP contribution in [0.3, 0.4) is 0 Å². The second-order valence-electron chi connectivity index (χ2n) is 6.82. The molecule has 2 aliphatic rings. The molecule has 1 saturated carbocycles. The molecule has 2 N–H and O–H groups in total. The number of nitrogens with two attached hydrogens (primary N) is 1. The van der Waals surface area contributed by atoms with Gasteiger partial charge in [-0.15, -0.1) is 0 Å². The number of piperidine rings is 1. The van der Waals surface area contributed by atoms with Crippen molar-refractivity contribution >= 4 is 5.91 Å². The van der Waals surface area contributed by atoms with Crippen molar-refractivity contribution in [3.63, 3.8) is 0 Å². The number of rotatable bonds is 7. The summed E-state index contributed by atoms with van der Waals surface area (Å²) in [4.78, 5) is 14.6. The molecule has 0 aromatic rings. The zero-order valence-electron chi connectivity index (χ0n) is 13.6. The average Bonchev–Trinajstić information content (AvgIpc) is 3.00. The molecule has 4 heteroatoms. The molecule has 21 heavy (non-hydrogen) atoms. The summed E-state index contributed by atoms with van der Waals surface area (Å²) < 4.78 is 5.80. The first-order chi connectivity index (χ1) is 10.2. The van der Waals surface area contributed by atoms with Crippen LogP contribution in [-0.4, -0.2) is 43.2 Å². The van der Waals surface area contributed by atoms with Gasteiger partial charge in [-0.25, -0.2) is 0 Å². The van der Waals surface area contributed by atoms with E-state index in [9.17, 15) is 4.79 Å². The smallest absolute Gasteiger partial charge is 0.225 e. The first kappa shape index (κ1) is 16.8. The molecule has 1 amide bonds. The lowest BCUT2D eigenvalue weighted by Crippen LogP contribution is -2.43. The molecule has 0 spiro atoms. The van der Waals surface area contributed by atoms with Crippen molar-refractivity contribution in [1.82, 2.24) is 4.90 Å². The van der Waals surface area contributed by atoms with Crippen LogP contribution < -0.4 is 5.73 Å². The van der Waals surface area contributed by atoms with Crippen LogP contribution in [-0.2, 0) is 9.53 Å². The van der Waals surface area contributed by atoms with Crippen molar-refractivity contribution in [2.75, 3.05) is 26.2 Å². The summed E-state index contributed by atoms with van der Waals surface area (Å²) in [5.74, 6) is 1.35. The molecule has 1 saturated heterocycles. The Morgan fingerprint density at radius 3 is 2.52 bits per heavy atom. The molecule has 2 fully saturated rings. The van der Waals surface area contributed by atoms with E-state index in [-0.39, 0.29) is 5.92 Å². The van der Waals surface area contributed by atoms with E-state index < -0.39 is 0 Å². The Labute approximate surface area is 129 Å². The van der Waals surface area contributed by atoms with Crippen molar-refractivity contribution < 1.29 is 9.53 Å². The van der Waals surface area contributed by atoms with Gasteiger partial charge in [-0.05, 0) is 38.1 Å². The lowest BCUT2D eigenvalue weighted by molar-refractivity contribution is -0.138. The summed E-state index contributed by atoms with van der Waals surface area (Å²) in [5.41, 5.74) is 5.47. The number of carbonyl (C=O) groups excluding carboxylic acids is 1. The summed E-state index contributed by atoms with van der Waals surface area (Å²) in [6.07, 6.45) is 9.67. The van der Waals surface area contributed by atoms with E-state index in [1.54, 1.807) is 0 Å². The number of nitrogens with zero attached hydrogens (tertiary/aromatic N) is 1. The maximum atomic E-state index is 12.5. The van der Waals surface area contributed by atoms with Crippen molar-refractivity contribution in [3.05, 3.63) is 0 Å². The van der Waals surface area contributed by atoms with Gasteiger partial charge >= 0.3 is 0 Å². The molecular formula is C17H32N2O2. The lowest BCUT2D eigenvalue weighted by atomic mass is 9.93. The Kier molecular flexibility index (Phi) is 6.97. The number of hydrogen-bond acceptors (Lipinski definition) is 3. The minimum Gasteiger partial charge on any atom is -0.378 e. The van der Waals surface area contributed by atoms with Crippen LogP contribution in [0.4, 0.5) is 0 Å². The fourth-order valence-corrected chi connectivity index (χ4v) is 3.73. The molecular weight excluding hydrogens is 264 g/mol. The third-order valence-corrected chi connectivity index (χ3v) is 5.04. The molecule has 1 heterocycles. The summed E-state index contributed by atoms with van der Waals surface area (Å²) in [6.45, 7) is 5.29. The van der Waals surface area contributed by atoms with Crippen LogP contribution >= 0.6 is 0 Å². The molecule has 2 rings (SSSR count). The van der Waals surface area contributed by atoms with E-state index in [1.807, 2.05) is 0 Å². The van der Waals surface area contributed by atoms with Crippen molar-refractivity contribution in [2.24, 2.45) is 17.6 Å².